The Labute approximate surface area is 202 Å². The Kier molecular flexibility index (Phi) is 5.85. The number of benzene rings is 3. The summed E-state index contributed by atoms with van der Waals surface area (Å²) in [6, 6.07) is 18.0. The van der Waals surface area contributed by atoms with E-state index in [0.717, 1.165) is 28.6 Å². The number of anilines is 2. The minimum absolute atomic E-state index is 0.0172. The lowest BCUT2D eigenvalue weighted by Crippen LogP contribution is -2.20. The van der Waals surface area contributed by atoms with Crippen LogP contribution in [0.3, 0.4) is 0 Å². The van der Waals surface area contributed by atoms with Gasteiger partial charge in [0.15, 0.2) is 0 Å². The second kappa shape index (κ2) is 9.14. The SMILES string of the molecule is O=C(Nc1cccc(C(F)(F)F)c1)Nc1ccc2c(Cc3cnc4ccccc4c3)n[nH]c(=O)c2c1. The Bertz CT molecular complexity index is 1660. The van der Waals surface area contributed by atoms with Crippen molar-refractivity contribution >= 4 is 39.1 Å². The van der Waals surface area contributed by atoms with Gasteiger partial charge < -0.3 is 10.6 Å². The minimum atomic E-state index is -4.53. The number of urea groups is 1. The molecule has 3 N–H and O–H groups in total. The van der Waals surface area contributed by atoms with Crippen molar-refractivity contribution in [2.24, 2.45) is 0 Å². The Morgan fingerprint density at radius 1 is 0.889 bits per heavy atom. The molecular formula is C26H18F3N5O2. The normalized spacial score (nSPS) is 11.5. The van der Waals surface area contributed by atoms with Gasteiger partial charge in [-0.2, -0.15) is 18.3 Å². The van der Waals surface area contributed by atoms with Gasteiger partial charge in [-0.1, -0.05) is 30.3 Å². The Hall–Kier alpha value is -4.73. The van der Waals surface area contributed by atoms with Crippen molar-refractivity contribution in [3.63, 3.8) is 0 Å². The van der Waals surface area contributed by atoms with Crippen LogP contribution in [0.25, 0.3) is 21.7 Å². The maximum atomic E-state index is 12.9. The van der Waals surface area contributed by atoms with Crippen molar-refractivity contribution in [1.29, 1.82) is 0 Å². The van der Waals surface area contributed by atoms with E-state index in [2.05, 4.69) is 25.8 Å². The zero-order valence-corrected chi connectivity index (χ0v) is 18.6. The first kappa shape index (κ1) is 23.0. The molecule has 0 unspecified atom stereocenters. The molecule has 0 fully saturated rings. The first-order valence-electron chi connectivity index (χ1n) is 10.9. The number of carbonyl (C=O) groups is 1. The van der Waals surface area contributed by atoms with E-state index < -0.39 is 23.3 Å². The van der Waals surface area contributed by atoms with Crippen molar-refractivity contribution in [1.82, 2.24) is 15.2 Å². The highest BCUT2D eigenvalue weighted by atomic mass is 19.4. The van der Waals surface area contributed by atoms with Crippen molar-refractivity contribution in [2.45, 2.75) is 12.6 Å². The second-order valence-electron chi connectivity index (χ2n) is 8.13. The van der Waals surface area contributed by atoms with Crippen LogP contribution in [0.1, 0.15) is 16.8 Å². The summed E-state index contributed by atoms with van der Waals surface area (Å²) in [4.78, 5) is 29.3. The monoisotopic (exact) mass is 489 g/mol. The van der Waals surface area contributed by atoms with Gasteiger partial charge >= 0.3 is 12.2 Å². The van der Waals surface area contributed by atoms with Gasteiger partial charge in [-0.15, -0.1) is 0 Å². The number of aromatic amines is 1. The molecule has 5 rings (SSSR count). The van der Waals surface area contributed by atoms with E-state index in [1.807, 2.05) is 30.3 Å². The van der Waals surface area contributed by atoms with Gasteiger partial charge in [0.2, 0.25) is 0 Å². The highest BCUT2D eigenvalue weighted by Crippen LogP contribution is 2.30. The fraction of sp³-hybridized carbons (Fsp3) is 0.0769. The number of hydrogen-bond acceptors (Lipinski definition) is 4. The molecule has 0 atom stereocenters. The van der Waals surface area contributed by atoms with Crippen molar-refractivity contribution in [2.75, 3.05) is 10.6 Å². The van der Waals surface area contributed by atoms with Crippen LogP contribution in [-0.4, -0.2) is 21.2 Å². The van der Waals surface area contributed by atoms with Gasteiger partial charge in [0, 0.05) is 34.8 Å². The molecule has 2 aromatic heterocycles. The molecule has 2 amide bonds. The zero-order chi connectivity index (χ0) is 25.3. The molecule has 0 saturated carbocycles. The van der Waals surface area contributed by atoms with Gasteiger partial charge in [-0.25, -0.2) is 9.89 Å². The zero-order valence-electron chi connectivity index (χ0n) is 18.6. The van der Waals surface area contributed by atoms with Crippen molar-refractivity contribution < 1.29 is 18.0 Å². The van der Waals surface area contributed by atoms with Gasteiger partial charge in [-0.3, -0.25) is 9.78 Å². The predicted octanol–water partition coefficient (Wildman–Crippen LogP) is 5.72. The fourth-order valence-corrected chi connectivity index (χ4v) is 3.91. The molecule has 0 spiro atoms. The number of H-pyrrole nitrogens is 1. The molecule has 0 saturated heterocycles. The van der Waals surface area contributed by atoms with Crippen LogP contribution in [0.4, 0.5) is 29.3 Å². The first-order valence-corrected chi connectivity index (χ1v) is 10.9. The van der Waals surface area contributed by atoms with Crippen LogP contribution < -0.4 is 16.2 Å². The summed E-state index contributed by atoms with van der Waals surface area (Å²) in [6.45, 7) is 0. The number of aromatic nitrogens is 3. The van der Waals surface area contributed by atoms with E-state index in [1.165, 1.54) is 18.2 Å². The van der Waals surface area contributed by atoms with Gasteiger partial charge in [0.25, 0.3) is 5.56 Å². The van der Waals surface area contributed by atoms with Crippen molar-refractivity contribution in [3.05, 3.63) is 106 Å². The van der Waals surface area contributed by atoms with Gasteiger partial charge in [0.1, 0.15) is 0 Å². The number of nitrogens with one attached hydrogen (secondary N) is 3. The third-order valence-corrected chi connectivity index (χ3v) is 5.59. The molecule has 0 bridgehead atoms. The number of alkyl halides is 3. The van der Waals surface area contributed by atoms with Crippen LogP contribution in [-0.2, 0) is 12.6 Å². The van der Waals surface area contributed by atoms with Crippen molar-refractivity contribution in [3.8, 4) is 0 Å². The molecule has 2 heterocycles. The number of carbonyl (C=O) groups excluding carboxylic acids is 1. The second-order valence-corrected chi connectivity index (χ2v) is 8.13. The van der Waals surface area contributed by atoms with Crippen LogP contribution in [0.15, 0.2) is 83.8 Å². The van der Waals surface area contributed by atoms with E-state index in [0.29, 0.717) is 28.6 Å². The number of hydrogen-bond donors (Lipinski definition) is 3. The van der Waals surface area contributed by atoms with E-state index in [9.17, 15) is 22.8 Å². The van der Waals surface area contributed by atoms with Crippen LogP contribution >= 0.6 is 0 Å². The molecule has 36 heavy (non-hydrogen) atoms. The number of nitrogens with zero attached hydrogens (tertiary/aromatic N) is 2. The lowest BCUT2D eigenvalue weighted by atomic mass is 10.0. The molecule has 3 aromatic carbocycles. The van der Waals surface area contributed by atoms with Crippen LogP contribution in [0.2, 0.25) is 0 Å². The predicted molar refractivity (Wildman–Crippen MR) is 131 cm³/mol. The summed E-state index contributed by atoms with van der Waals surface area (Å²) < 4.78 is 38.7. The number of fused-ring (bicyclic) bond motifs is 2. The Balaban J connectivity index is 1.37. The summed E-state index contributed by atoms with van der Waals surface area (Å²) in [5, 5.41) is 13.5. The average Bonchev–Trinajstić information content (AvgIpc) is 2.85. The fourth-order valence-electron chi connectivity index (χ4n) is 3.91. The average molecular weight is 489 g/mol. The highest BCUT2D eigenvalue weighted by Gasteiger charge is 2.30. The molecule has 0 aliphatic rings. The van der Waals surface area contributed by atoms with E-state index in [-0.39, 0.29) is 5.69 Å². The third kappa shape index (κ3) is 4.88. The number of pyridine rings is 1. The smallest absolute Gasteiger partial charge is 0.308 e. The summed E-state index contributed by atoms with van der Waals surface area (Å²) in [5.74, 6) is 0. The summed E-state index contributed by atoms with van der Waals surface area (Å²) in [7, 11) is 0. The minimum Gasteiger partial charge on any atom is -0.308 e. The van der Waals surface area contributed by atoms with E-state index in [4.69, 9.17) is 0 Å². The third-order valence-electron chi connectivity index (χ3n) is 5.59. The molecule has 180 valence electrons. The number of rotatable bonds is 4. The lowest BCUT2D eigenvalue weighted by molar-refractivity contribution is -0.137. The maximum Gasteiger partial charge on any atom is 0.416 e. The molecule has 7 nitrogen and oxygen atoms in total. The van der Waals surface area contributed by atoms with Gasteiger partial charge in [-0.05, 0) is 48.0 Å². The molecule has 0 aliphatic carbocycles. The summed E-state index contributed by atoms with van der Waals surface area (Å²) in [5.41, 5.74) is 1.38. The number of para-hydroxylation sites is 1. The number of halogens is 3. The van der Waals surface area contributed by atoms with E-state index in [1.54, 1.807) is 18.3 Å². The maximum absolute atomic E-state index is 12.9. The molecule has 0 radical (unpaired) electrons. The molecular weight excluding hydrogens is 471 g/mol. The first-order chi connectivity index (χ1) is 17.3. The Morgan fingerprint density at radius 3 is 2.47 bits per heavy atom. The van der Waals surface area contributed by atoms with Crippen LogP contribution in [0.5, 0.6) is 0 Å². The quantitative estimate of drug-likeness (QED) is 0.300. The van der Waals surface area contributed by atoms with Crippen LogP contribution in [0, 0.1) is 0 Å². The summed E-state index contributed by atoms with van der Waals surface area (Å²) >= 11 is 0. The molecule has 5 aromatic rings. The van der Waals surface area contributed by atoms with Gasteiger partial charge in [0.05, 0.1) is 22.2 Å². The largest absolute Gasteiger partial charge is 0.416 e. The van der Waals surface area contributed by atoms with E-state index >= 15 is 0 Å². The number of amides is 2. The standard InChI is InChI=1S/C26H18F3N5O2/c27-26(28,29)17-5-3-6-18(12-17)31-25(36)32-19-8-9-20-21(13-19)24(35)34-33-23(20)11-15-10-16-4-1-2-7-22(16)30-14-15/h1-10,12-14H,11H2,(H,34,35)(H2,31,32,36). The molecule has 0 aliphatic heterocycles. The lowest BCUT2D eigenvalue weighted by Gasteiger charge is -2.11. The Morgan fingerprint density at radius 2 is 1.67 bits per heavy atom. The topological polar surface area (TPSA) is 99.8 Å². The highest BCUT2D eigenvalue weighted by molar-refractivity contribution is 6.01. The molecule has 10 heteroatoms. The summed E-state index contributed by atoms with van der Waals surface area (Å²) in [6.07, 6.45) is -2.34.